The highest BCUT2D eigenvalue weighted by Crippen LogP contribution is 2.35. The fourth-order valence-corrected chi connectivity index (χ4v) is 5.68. The molecule has 0 bridgehead atoms. The molecule has 1 aromatic rings. The van der Waals surface area contributed by atoms with E-state index in [9.17, 15) is 17.6 Å². The second kappa shape index (κ2) is 14.4. The van der Waals surface area contributed by atoms with Crippen molar-refractivity contribution in [2.24, 2.45) is 17.8 Å². The minimum absolute atomic E-state index is 0.253. The molecular weight excluding hydrogens is 472 g/mol. The third kappa shape index (κ3) is 9.11. The summed E-state index contributed by atoms with van der Waals surface area (Å²) in [5, 5.41) is 0. The topological polar surface area (TPSA) is 27.7 Å². The number of halogens is 4. The maximum Gasteiger partial charge on any atom is 0.422 e. The molecule has 0 atom stereocenters. The van der Waals surface area contributed by atoms with Crippen LogP contribution in [-0.2, 0) is 4.74 Å². The van der Waals surface area contributed by atoms with E-state index in [2.05, 4.69) is 18.6 Å². The SMILES string of the molecule is CCCCCC1CCC(OCC(F)(F)Oc2ccc(OCC3CCC(CCC)CC3)c(F)c2F)CC1. The summed E-state index contributed by atoms with van der Waals surface area (Å²) >= 11 is 0. The summed E-state index contributed by atoms with van der Waals surface area (Å²) in [6.07, 6.45) is 10.9. The highest BCUT2D eigenvalue weighted by Gasteiger charge is 2.36. The van der Waals surface area contributed by atoms with Gasteiger partial charge in [0.1, 0.15) is 0 Å². The molecule has 7 heteroatoms. The van der Waals surface area contributed by atoms with Crippen LogP contribution in [0.1, 0.15) is 104 Å². The average molecular weight is 517 g/mol. The Morgan fingerprint density at radius 1 is 0.750 bits per heavy atom. The fraction of sp³-hybridized carbons (Fsp3) is 0.793. The molecule has 3 rings (SSSR count). The summed E-state index contributed by atoms with van der Waals surface area (Å²) in [5.74, 6) is -2.20. The molecule has 0 aromatic heterocycles. The van der Waals surface area contributed by atoms with Gasteiger partial charge in [-0.3, -0.25) is 0 Å². The molecule has 0 unspecified atom stereocenters. The lowest BCUT2D eigenvalue weighted by Crippen LogP contribution is -2.34. The Hall–Kier alpha value is -1.50. The predicted octanol–water partition coefficient (Wildman–Crippen LogP) is 9.08. The van der Waals surface area contributed by atoms with Crippen LogP contribution in [0.15, 0.2) is 12.1 Å². The van der Waals surface area contributed by atoms with E-state index in [4.69, 9.17) is 9.47 Å². The minimum Gasteiger partial charge on any atom is -0.490 e. The van der Waals surface area contributed by atoms with Crippen LogP contribution in [0.4, 0.5) is 17.6 Å². The summed E-state index contributed by atoms with van der Waals surface area (Å²) in [5.41, 5.74) is 0. The number of hydrogen-bond donors (Lipinski definition) is 0. The molecule has 0 radical (unpaired) electrons. The first-order valence-corrected chi connectivity index (χ1v) is 14.1. The first kappa shape index (κ1) is 29.1. The number of benzene rings is 1. The van der Waals surface area contributed by atoms with Crippen molar-refractivity contribution in [1.82, 2.24) is 0 Å². The maximum atomic E-state index is 14.5. The van der Waals surface area contributed by atoms with Gasteiger partial charge >= 0.3 is 6.11 Å². The lowest BCUT2D eigenvalue weighted by atomic mass is 9.80. The van der Waals surface area contributed by atoms with Crippen molar-refractivity contribution in [2.45, 2.75) is 116 Å². The van der Waals surface area contributed by atoms with Crippen LogP contribution in [0.5, 0.6) is 11.5 Å². The van der Waals surface area contributed by atoms with E-state index in [0.29, 0.717) is 18.4 Å². The molecule has 2 aliphatic carbocycles. The first-order chi connectivity index (χ1) is 17.3. The Balaban J connectivity index is 1.42. The van der Waals surface area contributed by atoms with Crippen LogP contribution in [0.2, 0.25) is 0 Å². The normalized spacial score (nSPS) is 25.1. The summed E-state index contributed by atoms with van der Waals surface area (Å²) in [6, 6.07) is 2.16. The molecule has 0 heterocycles. The number of unbranched alkanes of at least 4 members (excludes halogenated alkanes) is 2. The van der Waals surface area contributed by atoms with Crippen LogP contribution in [-0.4, -0.2) is 25.4 Å². The number of hydrogen-bond acceptors (Lipinski definition) is 3. The van der Waals surface area contributed by atoms with Gasteiger partial charge in [0.25, 0.3) is 0 Å². The number of ether oxygens (including phenoxy) is 3. The van der Waals surface area contributed by atoms with Gasteiger partial charge in [-0.2, -0.15) is 17.6 Å². The van der Waals surface area contributed by atoms with E-state index in [1.54, 1.807) is 0 Å². The van der Waals surface area contributed by atoms with E-state index < -0.39 is 30.1 Å². The zero-order valence-corrected chi connectivity index (χ0v) is 22.0. The van der Waals surface area contributed by atoms with E-state index in [1.807, 2.05) is 0 Å². The third-order valence-electron chi connectivity index (χ3n) is 7.91. The van der Waals surface area contributed by atoms with Gasteiger partial charge in [0.05, 0.1) is 12.7 Å². The minimum atomic E-state index is -3.76. The lowest BCUT2D eigenvalue weighted by Gasteiger charge is -2.29. The average Bonchev–Trinajstić information content (AvgIpc) is 2.87. The van der Waals surface area contributed by atoms with Gasteiger partial charge in [-0.1, -0.05) is 65.2 Å². The molecule has 0 aliphatic heterocycles. The van der Waals surface area contributed by atoms with Crippen molar-refractivity contribution in [3.05, 3.63) is 23.8 Å². The molecule has 1 aromatic carbocycles. The molecule has 0 N–H and O–H groups in total. The molecule has 36 heavy (non-hydrogen) atoms. The standard InChI is InChI=1S/C29H44F4O3/c1-3-5-6-8-22-13-15-24(16-14-22)35-20-29(32,33)36-26-18-17-25(27(30)28(26)31)34-19-23-11-9-21(7-4-2)10-12-23/h17-18,21-24H,3-16,19-20H2,1-2H3. The van der Waals surface area contributed by atoms with E-state index >= 15 is 0 Å². The Labute approximate surface area is 214 Å². The van der Waals surface area contributed by atoms with E-state index in [-0.39, 0.29) is 11.9 Å². The second-order valence-corrected chi connectivity index (χ2v) is 10.9. The van der Waals surface area contributed by atoms with Crippen LogP contribution >= 0.6 is 0 Å². The lowest BCUT2D eigenvalue weighted by molar-refractivity contribution is -0.223. The monoisotopic (exact) mass is 516 g/mol. The number of rotatable bonds is 14. The van der Waals surface area contributed by atoms with Gasteiger partial charge < -0.3 is 14.2 Å². The van der Waals surface area contributed by atoms with Crippen molar-refractivity contribution >= 4 is 0 Å². The first-order valence-electron chi connectivity index (χ1n) is 14.1. The zero-order chi connectivity index (χ0) is 26.0. The Kier molecular flexibility index (Phi) is 11.7. The van der Waals surface area contributed by atoms with Gasteiger partial charge in [0.2, 0.25) is 11.6 Å². The van der Waals surface area contributed by atoms with Gasteiger partial charge in [0, 0.05) is 0 Å². The highest BCUT2D eigenvalue weighted by atomic mass is 19.3. The molecule has 206 valence electrons. The van der Waals surface area contributed by atoms with Crippen LogP contribution in [0.3, 0.4) is 0 Å². The van der Waals surface area contributed by atoms with Crippen LogP contribution in [0.25, 0.3) is 0 Å². The smallest absolute Gasteiger partial charge is 0.422 e. The van der Waals surface area contributed by atoms with Crippen molar-refractivity contribution in [3.63, 3.8) is 0 Å². The molecular formula is C29H44F4O3. The van der Waals surface area contributed by atoms with Crippen LogP contribution < -0.4 is 9.47 Å². The largest absolute Gasteiger partial charge is 0.490 e. The highest BCUT2D eigenvalue weighted by molar-refractivity contribution is 5.35. The summed E-state index contributed by atoms with van der Waals surface area (Å²) in [7, 11) is 0. The molecule has 0 saturated heterocycles. The van der Waals surface area contributed by atoms with Gasteiger partial charge in [-0.15, -0.1) is 0 Å². The Morgan fingerprint density at radius 3 is 2.00 bits per heavy atom. The molecule has 0 spiro atoms. The van der Waals surface area contributed by atoms with Crippen molar-refractivity contribution in [2.75, 3.05) is 13.2 Å². The van der Waals surface area contributed by atoms with Crippen molar-refractivity contribution < 1.29 is 31.8 Å². The van der Waals surface area contributed by atoms with Gasteiger partial charge in [-0.25, -0.2) is 0 Å². The molecule has 3 nitrogen and oxygen atoms in total. The summed E-state index contributed by atoms with van der Waals surface area (Å²) in [6.45, 7) is 3.66. The molecule has 2 fully saturated rings. The van der Waals surface area contributed by atoms with Gasteiger partial charge in [-0.05, 0) is 68.4 Å². The molecule has 0 amide bonds. The Morgan fingerprint density at radius 2 is 1.33 bits per heavy atom. The fourth-order valence-electron chi connectivity index (χ4n) is 5.68. The zero-order valence-electron chi connectivity index (χ0n) is 22.0. The van der Waals surface area contributed by atoms with Crippen molar-refractivity contribution in [1.29, 1.82) is 0 Å². The van der Waals surface area contributed by atoms with E-state index in [1.165, 1.54) is 38.5 Å². The van der Waals surface area contributed by atoms with Crippen molar-refractivity contribution in [3.8, 4) is 11.5 Å². The predicted molar refractivity (Wildman–Crippen MR) is 134 cm³/mol. The Bertz CT molecular complexity index is 772. The quantitative estimate of drug-likeness (QED) is 0.182. The number of alkyl halides is 2. The maximum absolute atomic E-state index is 14.5. The molecule has 2 saturated carbocycles. The summed E-state index contributed by atoms with van der Waals surface area (Å²) in [4.78, 5) is 0. The molecule has 2 aliphatic rings. The third-order valence-corrected chi connectivity index (χ3v) is 7.91. The van der Waals surface area contributed by atoms with Gasteiger partial charge in [0.15, 0.2) is 18.1 Å². The van der Waals surface area contributed by atoms with Crippen LogP contribution in [0, 0.1) is 29.4 Å². The van der Waals surface area contributed by atoms with E-state index in [0.717, 1.165) is 69.4 Å². The second-order valence-electron chi connectivity index (χ2n) is 10.9. The summed E-state index contributed by atoms with van der Waals surface area (Å²) < 4.78 is 73.2.